The molecule has 0 radical (unpaired) electrons. The standard InChI is InChI=1S/C14H19NO/c1-5-9-13(8-4)15-11-12(7-3)14(16)10-6-2/h5-11,16H,2H2,1,3-4H3/b9-5-,12-7?,13-8+,14-10+,15-11-. The van der Waals surface area contributed by atoms with Gasteiger partial charge in [0.15, 0.2) is 0 Å². The van der Waals surface area contributed by atoms with Crippen LogP contribution in [0.2, 0.25) is 0 Å². The Bertz CT molecular complexity index is 368. The quantitative estimate of drug-likeness (QED) is 0.419. The van der Waals surface area contributed by atoms with Crippen LogP contribution in [0.15, 0.2) is 65.1 Å². The van der Waals surface area contributed by atoms with Gasteiger partial charge in [-0.05, 0) is 32.9 Å². The van der Waals surface area contributed by atoms with Gasteiger partial charge < -0.3 is 5.11 Å². The number of aliphatic hydroxyl groups is 1. The van der Waals surface area contributed by atoms with Crippen molar-refractivity contribution in [3.63, 3.8) is 0 Å². The number of rotatable bonds is 5. The van der Waals surface area contributed by atoms with Gasteiger partial charge in [0.05, 0.1) is 5.70 Å². The molecule has 0 amide bonds. The molecule has 1 N–H and O–H groups in total. The van der Waals surface area contributed by atoms with E-state index in [1.54, 1.807) is 12.3 Å². The van der Waals surface area contributed by atoms with Crippen LogP contribution in [0.1, 0.15) is 20.8 Å². The van der Waals surface area contributed by atoms with E-state index in [9.17, 15) is 5.11 Å². The van der Waals surface area contributed by atoms with Gasteiger partial charge >= 0.3 is 0 Å². The molecule has 0 aromatic carbocycles. The van der Waals surface area contributed by atoms with Crippen LogP contribution in [0.3, 0.4) is 0 Å². The first-order valence-electron chi connectivity index (χ1n) is 5.21. The highest BCUT2D eigenvalue weighted by Crippen LogP contribution is 2.06. The van der Waals surface area contributed by atoms with Crippen LogP contribution in [0.5, 0.6) is 0 Å². The number of hydrogen-bond donors (Lipinski definition) is 1. The zero-order valence-corrected chi connectivity index (χ0v) is 10.1. The summed E-state index contributed by atoms with van der Waals surface area (Å²) < 4.78 is 0. The number of hydrogen-bond acceptors (Lipinski definition) is 2. The molecule has 0 heterocycles. The minimum atomic E-state index is 0.164. The number of aliphatic imine (C=N–C) groups is 1. The van der Waals surface area contributed by atoms with Crippen molar-refractivity contribution in [1.29, 1.82) is 0 Å². The first-order chi connectivity index (χ1) is 7.69. The van der Waals surface area contributed by atoms with Gasteiger partial charge in [-0.15, -0.1) is 0 Å². The van der Waals surface area contributed by atoms with Gasteiger partial charge in [-0.25, -0.2) is 0 Å². The molecule has 0 rings (SSSR count). The molecule has 0 aromatic rings. The lowest BCUT2D eigenvalue weighted by Crippen LogP contribution is -1.90. The molecule has 0 aliphatic rings. The van der Waals surface area contributed by atoms with Crippen LogP contribution < -0.4 is 0 Å². The van der Waals surface area contributed by atoms with Crippen molar-refractivity contribution in [3.05, 3.63) is 60.1 Å². The Morgan fingerprint density at radius 1 is 1.19 bits per heavy atom. The van der Waals surface area contributed by atoms with E-state index >= 15 is 0 Å². The van der Waals surface area contributed by atoms with E-state index in [1.807, 2.05) is 39.0 Å². The topological polar surface area (TPSA) is 32.6 Å². The van der Waals surface area contributed by atoms with Gasteiger partial charge in [0.1, 0.15) is 5.76 Å². The summed E-state index contributed by atoms with van der Waals surface area (Å²) in [6.45, 7) is 9.23. The van der Waals surface area contributed by atoms with Crippen molar-refractivity contribution in [1.82, 2.24) is 0 Å². The molecule has 0 unspecified atom stereocenters. The Hall–Kier alpha value is -1.83. The summed E-state index contributed by atoms with van der Waals surface area (Å²) in [5, 5.41) is 9.62. The highest BCUT2D eigenvalue weighted by atomic mass is 16.3. The van der Waals surface area contributed by atoms with Gasteiger partial charge in [0.2, 0.25) is 0 Å². The van der Waals surface area contributed by atoms with E-state index < -0.39 is 0 Å². The summed E-state index contributed by atoms with van der Waals surface area (Å²) in [7, 11) is 0. The van der Waals surface area contributed by atoms with E-state index in [-0.39, 0.29) is 5.76 Å². The van der Waals surface area contributed by atoms with Crippen LogP contribution in [0.25, 0.3) is 0 Å². The molecule has 2 nitrogen and oxygen atoms in total. The highest BCUT2D eigenvalue weighted by Gasteiger charge is 1.96. The zero-order chi connectivity index (χ0) is 12.4. The van der Waals surface area contributed by atoms with Crippen LogP contribution in [-0.2, 0) is 0 Å². The third-order valence-corrected chi connectivity index (χ3v) is 1.87. The summed E-state index contributed by atoms with van der Waals surface area (Å²) in [4.78, 5) is 4.25. The predicted octanol–water partition coefficient (Wildman–Crippen LogP) is 4.11. The first-order valence-corrected chi connectivity index (χ1v) is 5.21. The maximum atomic E-state index is 9.62. The lowest BCUT2D eigenvalue weighted by Gasteiger charge is -1.99. The molecule has 0 atom stereocenters. The Kier molecular flexibility index (Phi) is 7.51. The lowest BCUT2D eigenvalue weighted by atomic mass is 10.2. The number of allylic oxidation sites excluding steroid dienone is 7. The maximum Gasteiger partial charge on any atom is 0.123 e. The second-order valence-corrected chi connectivity index (χ2v) is 3.00. The van der Waals surface area contributed by atoms with Gasteiger partial charge in [-0.2, -0.15) is 0 Å². The van der Waals surface area contributed by atoms with Crippen molar-refractivity contribution in [3.8, 4) is 0 Å². The molecule has 0 aromatic heterocycles. The molecular weight excluding hydrogens is 198 g/mol. The van der Waals surface area contributed by atoms with Gasteiger partial charge in [-0.1, -0.05) is 30.9 Å². The Labute approximate surface area is 97.7 Å². The molecule has 0 spiro atoms. The Morgan fingerprint density at radius 3 is 2.31 bits per heavy atom. The fraction of sp³-hybridized carbons (Fsp3) is 0.214. The van der Waals surface area contributed by atoms with Gasteiger partial charge in [0.25, 0.3) is 0 Å². The third kappa shape index (κ3) is 5.15. The minimum absolute atomic E-state index is 0.164. The number of aliphatic hydroxyl groups excluding tert-OH is 1. The molecule has 0 saturated heterocycles. The molecule has 0 aliphatic heterocycles. The third-order valence-electron chi connectivity index (χ3n) is 1.87. The maximum absolute atomic E-state index is 9.62. The smallest absolute Gasteiger partial charge is 0.123 e. The fourth-order valence-electron chi connectivity index (χ4n) is 1.03. The van der Waals surface area contributed by atoms with E-state index in [2.05, 4.69) is 11.6 Å². The second-order valence-electron chi connectivity index (χ2n) is 3.00. The Morgan fingerprint density at radius 2 is 1.88 bits per heavy atom. The van der Waals surface area contributed by atoms with Crippen molar-refractivity contribution >= 4 is 6.21 Å². The van der Waals surface area contributed by atoms with Crippen LogP contribution in [0.4, 0.5) is 0 Å². The van der Waals surface area contributed by atoms with E-state index in [0.717, 1.165) is 5.70 Å². The highest BCUT2D eigenvalue weighted by molar-refractivity contribution is 5.84. The Balaban J connectivity index is 4.87. The molecule has 0 aliphatic carbocycles. The molecule has 86 valence electrons. The second kappa shape index (κ2) is 8.48. The molecule has 0 fully saturated rings. The molecular formula is C14H19NO. The monoisotopic (exact) mass is 217 g/mol. The predicted molar refractivity (Wildman–Crippen MR) is 71.7 cm³/mol. The van der Waals surface area contributed by atoms with Crippen molar-refractivity contribution < 1.29 is 5.11 Å². The molecule has 2 heteroatoms. The number of nitrogens with zero attached hydrogens (tertiary/aromatic N) is 1. The van der Waals surface area contributed by atoms with Crippen LogP contribution in [-0.4, -0.2) is 11.3 Å². The zero-order valence-electron chi connectivity index (χ0n) is 10.1. The van der Waals surface area contributed by atoms with Crippen molar-refractivity contribution in [2.75, 3.05) is 0 Å². The molecule has 16 heavy (non-hydrogen) atoms. The van der Waals surface area contributed by atoms with Gasteiger partial charge in [-0.3, -0.25) is 4.99 Å². The summed E-state index contributed by atoms with van der Waals surface area (Å²) in [6, 6.07) is 0. The van der Waals surface area contributed by atoms with Crippen molar-refractivity contribution in [2.24, 2.45) is 4.99 Å². The first kappa shape index (κ1) is 14.2. The summed E-state index contributed by atoms with van der Waals surface area (Å²) in [5.74, 6) is 0.164. The largest absolute Gasteiger partial charge is 0.507 e. The minimum Gasteiger partial charge on any atom is -0.507 e. The molecule has 0 bridgehead atoms. The van der Waals surface area contributed by atoms with Crippen LogP contribution in [0, 0.1) is 0 Å². The average Bonchev–Trinajstić information content (AvgIpc) is 2.28. The van der Waals surface area contributed by atoms with Crippen LogP contribution >= 0.6 is 0 Å². The lowest BCUT2D eigenvalue weighted by molar-refractivity contribution is 0.428. The average molecular weight is 217 g/mol. The summed E-state index contributed by atoms with van der Waals surface area (Å²) in [5.41, 5.74) is 1.53. The normalized spacial score (nSPS) is 15.1. The van der Waals surface area contributed by atoms with E-state index in [0.29, 0.717) is 5.57 Å². The van der Waals surface area contributed by atoms with E-state index in [1.165, 1.54) is 12.2 Å². The summed E-state index contributed by atoms with van der Waals surface area (Å²) in [6.07, 6.45) is 12.2. The summed E-state index contributed by atoms with van der Waals surface area (Å²) >= 11 is 0. The van der Waals surface area contributed by atoms with Crippen molar-refractivity contribution in [2.45, 2.75) is 20.8 Å². The fourth-order valence-corrected chi connectivity index (χ4v) is 1.03. The van der Waals surface area contributed by atoms with E-state index in [4.69, 9.17) is 0 Å². The van der Waals surface area contributed by atoms with Gasteiger partial charge in [0, 0.05) is 11.8 Å². The molecule has 0 saturated carbocycles. The SMILES string of the molecule is C=C/C=C(/O)C(=CC)\C=N/C(/C=C\C)=C/C.